The summed E-state index contributed by atoms with van der Waals surface area (Å²) in [6.45, 7) is 2.17. The van der Waals surface area contributed by atoms with E-state index in [-0.39, 0.29) is 6.03 Å². The molecule has 1 saturated carbocycles. The molecule has 120 valence electrons. The molecular weight excluding hydrogens is 274 g/mol. The van der Waals surface area contributed by atoms with Crippen molar-refractivity contribution < 1.29 is 4.79 Å². The monoisotopic (exact) mass is 301 g/mol. The number of benzene rings is 1. The molecule has 1 aromatic carbocycles. The molecule has 0 atom stereocenters. The van der Waals surface area contributed by atoms with E-state index in [0.29, 0.717) is 6.04 Å². The summed E-state index contributed by atoms with van der Waals surface area (Å²) < 4.78 is 0. The zero-order chi connectivity index (χ0) is 15.2. The number of hydrogen-bond donors (Lipinski definition) is 2. The average Bonchev–Trinajstić information content (AvgIpc) is 2.57. The predicted octanol–water partition coefficient (Wildman–Crippen LogP) is 4.13. The van der Waals surface area contributed by atoms with Crippen LogP contribution in [-0.2, 0) is 0 Å². The Bertz CT molecular complexity index is 491. The fourth-order valence-corrected chi connectivity index (χ4v) is 3.58. The first kappa shape index (κ1) is 15.2. The van der Waals surface area contributed by atoms with E-state index in [2.05, 4.69) is 21.6 Å². The summed E-state index contributed by atoms with van der Waals surface area (Å²) in [5.74, 6) is 0. The van der Waals surface area contributed by atoms with Crippen LogP contribution < -0.4 is 15.5 Å². The number of rotatable bonds is 3. The summed E-state index contributed by atoms with van der Waals surface area (Å²) in [4.78, 5) is 14.7. The highest BCUT2D eigenvalue weighted by Crippen LogP contribution is 2.28. The molecule has 0 bridgehead atoms. The third kappa shape index (κ3) is 3.93. The standard InChI is InChI=1S/C18H27N3O/c22-18(19-15-9-3-1-4-10-15)20-16-11-5-6-12-17(16)21-13-7-2-8-14-21/h5-6,11-12,15H,1-4,7-10,13-14H2,(H2,19,20,22). The first-order chi connectivity index (χ1) is 10.8. The minimum absolute atomic E-state index is 0.0589. The van der Waals surface area contributed by atoms with Crippen LogP contribution in [-0.4, -0.2) is 25.2 Å². The predicted molar refractivity (Wildman–Crippen MR) is 91.5 cm³/mol. The minimum atomic E-state index is -0.0589. The first-order valence-electron chi connectivity index (χ1n) is 8.74. The Morgan fingerprint density at radius 2 is 1.64 bits per heavy atom. The maximum Gasteiger partial charge on any atom is 0.319 e. The Morgan fingerprint density at radius 3 is 2.41 bits per heavy atom. The second-order valence-corrected chi connectivity index (χ2v) is 6.50. The average molecular weight is 301 g/mol. The Morgan fingerprint density at radius 1 is 0.955 bits per heavy atom. The van der Waals surface area contributed by atoms with Crippen LogP contribution in [0.4, 0.5) is 16.2 Å². The molecule has 2 fully saturated rings. The van der Waals surface area contributed by atoms with Gasteiger partial charge in [-0.05, 0) is 44.2 Å². The fourth-order valence-electron chi connectivity index (χ4n) is 3.58. The van der Waals surface area contributed by atoms with Crippen LogP contribution in [0.5, 0.6) is 0 Å². The summed E-state index contributed by atoms with van der Waals surface area (Å²) in [5.41, 5.74) is 2.08. The summed E-state index contributed by atoms with van der Waals surface area (Å²) in [7, 11) is 0. The van der Waals surface area contributed by atoms with Crippen LogP contribution in [0.25, 0.3) is 0 Å². The van der Waals surface area contributed by atoms with Crippen LogP contribution in [0.1, 0.15) is 51.4 Å². The molecule has 0 radical (unpaired) electrons. The number of piperidine rings is 1. The van der Waals surface area contributed by atoms with Crippen molar-refractivity contribution in [1.29, 1.82) is 0 Å². The van der Waals surface area contributed by atoms with Gasteiger partial charge >= 0.3 is 6.03 Å². The van der Waals surface area contributed by atoms with Crippen LogP contribution in [0.3, 0.4) is 0 Å². The molecule has 0 aromatic heterocycles. The molecule has 22 heavy (non-hydrogen) atoms. The molecule has 1 aromatic rings. The van der Waals surface area contributed by atoms with Gasteiger partial charge in [0.2, 0.25) is 0 Å². The van der Waals surface area contributed by atoms with Crippen molar-refractivity contribution in [1.82, 2.24) is 5.32 Å². The van der Waals surface area contributed by atoms with E-state index in [0.717, 1.165) is 37.3 Å². The zero-order valence-corrected chi connectivity index (χ0v) is 13.3. The number of amides is 2. The largest absolute Gasteiger partial charge is 0.370 e. The van der Waals surface area contributed by atoms with Crippen LogP contribution >= 0.6 is 0 Å². The lowest BCUT2D eigenvalue weighted by molar-refractivity contribution is 0.244. The van der Waals surface area contributed by atoms with Crippen molar-refractivity contribution >= 4 is 17.4 Å². The number of para-hydroxylation sites is 2. The molecular formula is C18H27N3O. The van der Waals surface area contributed by atoms with Gasteiger partial charge in [0.15, 0.2) is 0 Å². The number of urea groups is 1. The molecule has 2 aliphatic rings. The second kappa shape index (κ2) is 7.52. The van der Waals surface area contributed by atoms with E-state index in [1.165, 1.54) is 38.5 Å². The number of nitrogens with one attached hydrogen (secondary N) is 2. The maximum absolute atomic E-state index is 12.3. The van der Waals surface area contributed by atoms with E-state index in [4.69, 9.17) is 0 Å². The topological polar surface area (TPSA) is 44.4 Å². The normalized spacial score (nSPS) is 19.7. The van der Waals surface area contributed by atoms with Gasteiger partial charge in [-0.3, -0.25) is 0 Å². The maximum atomic E-state index is 12.3. The van der Waals surface area contributed by atoms with Crippen LogP contribution in [0.2, 0.25) is 0 Å². The lowest BCUT2D eigenvalue weighted by Gasteiger charge is -2.30. The molecule has 1 aliphatic heterocycles. The van der Waals surface area contributed by atoms with Crippen molar-refractivity contribution in [2.75, 3.05) is 23.3 Å². The first-order valence-corrected chi connectivity index (χ1v) is 8.74. The van der Waals surface area contributed by atoms with E-state index in [1.807, 2.05) is 18.2 Å². The summed E-state index contributed by atoms with van der Waals surface area (Å²) >= 11 is 0. The highest BCUT2D eigenvalue weighted by Gasteiger charge is 2.18. The van der Waals surface area contributed by atoms with Crippen molar-refractivity contribution in [2.45, 2.75) is 57.4 Å². The quantitative estimate of drug-likeness (QED) is 0.881. The van der Waals surface area contributed by atoms with E-state index in [1.54, 1.807) is 0 Å². The molecule has 2 N–H and O–H groups in total. The molecule has 0 unspecified atom stereocenters. The van der Waals surface area contributed by atoms with Gasteiger partial charge in [0, 0.05) is 19.1 Å². The van der Waals surface area contributed by atoms with Gasteiger partial charge in [0.1, 0.15) is 0 Å². The Kier molecular flexibility index (Phi) is 5.20. The highest BCUT2D eigenvalue weighted by molar-refractivity contribution is 5.93. The second-order valence-electron chi connectivity index (χ2n) is 6.50. The third-order valence-corrected chi connectivity index (χ3v) is 4.79. The minimum Gasteiger partial charge on any atom is -0.370 e. The third-order valence-electron chi connectivity index (χ3n) is 4.79. The van der Waals surface area contributed by atoms with Gasteiger partial charge in [-0.15, -0.1) is 0 Å². The van der Waals surface area contributed by atoms with E-state index in [9.17, 15) is 4.79 Å². The number of anilines is 2. The van der Waals surface area contributed by atoms with Gasteiger partial charge in [-0.25, -0.2) is 4.79 Å². The lowest BCUT2D eigenvalue weighted by Crippen LogP contribution is -2.39. The molecule has 2 amide bonds. The number of hydrogen-bond acceptors (Lipinski definition) is 2. The van der Waals surface area contributed by atoms with Gasteiger partial charge in [0.25, 0.3) is 0 Å². The van der Waals surface area contributed by atoms with Crippen molar-refractivity contribution in [3.63, 3.8) is 0 Å². The molecule has 1 aliphatic carbocycles. The van der Waals surface area contributed by atoms with Crippen molar-refractivity contribution in [3.8, 4) is 0 Å². The lowest BCUT2D eigenvalue weighted by atomic mass is 9.96. The molecule has 1 saturated heterocycles. The Hall–Kier alpha value is -1.71. The molecule has 1 heterocycles. The van der Waals surface area contributed by atoms with Gasteiger partial charge in [-0.1, -0.05) is 31.4 Å². The van der Waals surface area contributed by atoms with Gasteiger partial charge in [0.05, 0.1) is 11.4 Å². The molecule has 4 nitrogen and oxygen atoms in total. The zero-order valence-electron chi connectivity index (χ0n) is 13.3. The Labute approximate surface area is 133 Å². The highest BCUT2D eigenvalue weighted by atomic mass is 16.2. The summed E-state index contributed by atoms with van der Waals surface area (Å²) in [5, 5.41) is 6.19. The van der Waals surface area contributed by atoms with E-state index < -0.39 is 0 Å². The smallest absolute Gasteiger partial charge is 0.319 e. The number of carbonyl (C=O) groups excluding carboxylic acids is 1. The molecule has 3 rings (SSSR count). The van der Waals surface area contributed by atoms with Gasteiger partial charge in [-0.2, -0.15) is 0 Å². The molecule has 4 heteroatoms. The van der Waals surface area contributed by atoms with E-state index >= 15 is 0 Å². The summed E-state index contributed by atoms with van der Waals surface area (Å²) in [6, 6.07) is 8.44. The fraction of sp³-hybridized carbons (Fsp3) is 0.611. The van der Waals surface area contributed by atoms with Crippen molar-refractivity contribution in [2.24, 2.45) is 0 Å². The number of carbonyl (C=O) groups is 1. The van der Waals surface area contributed by atoms with Crippen molar-refractivity contribution in [3.05, 3.63) is 24.3 Å². The van der Waals surface area contributed by atoms with Crippen LogP contribution in [0.15, 0.2) is 24.3 Å². The molecule has 0 spiro atoms. The number of nitrogens with zero attached hydrogens (tertiary/aromatic N) is 1. The Balaban J connectivity index is 1.62. The van der Waals surface area contributed by atoms with Gasteiger partial charge < -0.3 is 15.5 Å². The van der Waals surface area contributed by atoms with Crippen LogP contribution in [0, 0.1) is 0 Å². The SMILES string of the molecule is O=C(Nc1ccccc1N1CCCCC1)NC1CCCCC1. The summed E-state index contributed by atoms with van der Waals surface area (Å²) in [6.07, 6.45) is 9.78.